The zero-order valence-electron chi connectivity index (χ0n) is 17.2. The van der Waals surface area contributed by atoms with E-state index in [1.165, 1.54) is 7.11 Å². The van der Waals surface area contributed by atoms with E-state index in [-0.39, 0.29) is 17.9 Å². The number of carbonyl (C=O) groups is 1. The Bertz CT molecular complexity index is 1020. The summed E-state index contributed by atoms with van der Waals surface area (Å²) in [6, 6.07) is 11.9. The number of aromatic nitrogens is 3. The number of hydrogen-bond donors (Lipinski definition) is 0. The molecule has 0 aliphatic carbocycles. The van der Waals surface area contributed by atoms with E-state index in [1.807, 2.05) is 49.0 Å². The van der Waals surface area contributed by atoms with Crippen molar-refractivity contribution in [2.45, 2.75) is 39.2 Å². The minimum absolute atomic E-state index is 0.0788. The lowest BCUT2D eigenvalue weighted by molar-refractivity contribution is 0.0599. The van der Waals surface area contributed by atoms with Gasteiger partial charge in [-0.2, -0.15) is 5.10 Å². The highest BCUT2D eigenvalue weighted by Crippen LogP contribution is 2.37. The first-order valence-corrected chi connectivity index (χ1v) is 10.6. The fourth-order valence-electron chi connectivity index (χ4n) is 3.79. The molecule has 3 aromatic rings. The molecule has 3 rings (SSSR count). The Hall–Kier alpha value is -2.05. The number of rotatable bonds is 6. The molecule has 0 radical (unpaired) electrons. The molecule has 0 aliphatic heterocycles. The highest BCUT2D eigenvalue weighted by molar-refractivity contribution is 9.10. The molecule has 0 saturated heterocycles. The maximum atomic E-state index is 12.6. The van der Waals surface area contributed by atoms with Crippen LogP contribution in [0.2, 0.25) is 5.02 Å². The second-order valence-corrected chi connectivity index (χ2v) is 8.68. The minimum atomic E-state index is -0.347. The number of carbonyl (C=O) groups excluding carboxylic acids is 1. The van der Waals surface area contributed by atoms with Gasteiger partial charge in [0.2, 0.25) is 0 Å². The molecule has 1 atom stereocenters. The van der Waals surface area contributed by atoms with E-state index in [1.54, 1.807) is 0 Å². The second-order valence-electron chi connectivity index (χ2n) is 7.43. The van der Waals surface area contributed by atoms with Gasteiger partial charge in [0.05, 0.1) is 23.0 Å². The van der Waals surface area contributed by atoms with Gasteiger partial charge in [0.25, 0.3) is 0 Å². The molecule has 0 N–H and O–H groups in total. The molecule has 1 unspecified atom stereocenters. The lowest BCUT2D eigenvalue weighted by Crippen LogP contribution is -2.18. The minimum Gasteiger partial charge on any atom is -0.465 e. The average Bonchev–Trinajstić information content (AvgIpc) is 3.18. The van der Waals surface area contributed by atoms with Gasteiger partial charge in [0.15, 0.2) is 0 Å². The van der Waals surface area contributed by atoms with Gasteiger partial charge >= 0.3 is 5.97 Å². The van der Waals surface area contributed by atoms with Crippen molar-refractivity contribution in [2.75, 3.05) is 7.11 Å². The van der Waals surface area contributed by atoms with Gasteiger partial charge < -0.3 is 9.30 Å². The van der Waals surface area contributed by atoms with Crippen LogP contribution in [0.15, 0.2) is 41.0 Å². The van der Waals surface area contributed by atoms with Crippen molar-refractivity contribution in [1.82, 2.24) is 14.3 Å². The fraction of sp³-hybridized carbons (Fsp3) is 0.364. The first kappa shape index (κ1) is 21.7. The fourth-order valence-corrected chi connectivity index (χ4v) is 4.75. The van der Waals surface area contributed by atoms with Crippen molar-refractivity contribution < 1.29 is 9.53 Å². The summed E-state index contributed by atoms with van der Waals surface area (Å²) >= 11 is 9.78. The summed E-state index contributed by atoms with van der Waals surface area (Å²) in [4.78, 5) is 12.6. The van der Waals surface area contributed by atoms with Crippen molar-refractivity contribution in [3.63, 3.8) is 0 Å². The normalized spacial score (nSPS) is 12.4. The quantitative estimate of drug-likeness (QED) is 0.428. The number of methoxy groups -OCH3 is 1. The van der Waals surface area contributed by atoms with Crippen LogP contribution in [0.25, 0.3) is 0 Å². The maximum Gasteiger partial charge on any atom is 0.339 e. The zero-order valence-corrected chi connectivity index (χ0v) is 19.6. The van der Waals surface area contributed by atoms with Crippen LogP contribution in [0.5, 0.6) is 0 Å². The molecule has 29 heavy (non-hydrogen) atoms. The Labute approximate surface area is 184 Å². The molecule has 2 heterocycles. The third kappa shape index (κ3) is 4.43. The highest BCUT2D eigenvalue weighted by Gasteiger charge is 2.29. The molecular weight excluding hydrogens is 454 g/mol. The molecule has 7 heteroatoms. The number of esters is 1. The standard InChI is InChI=1S/C22H25BrClN3O2/c1-13(2)27-20(23)12-19(22(28)29-5)21(27)18(15-6-8-16(24)9-7-15)11-17-10-14(3)25-26(17)4/h6-10,12-13,18H,11H2,1-5H3. The first-order chi connectivity index (χ1) is 13.7. The predicted molar refractivity (Wildman–Crippen MR) is 119 cm³/mol. The summed E-state index contributed by atoms with van der Waals surface area (Å²) in [6.07, 6.45) is 0.687. The molecule has 0 amide bonds. The molecule has 5 nitrogen and oxygen atoms in total. The Morgan fingerprint density at radius 3 is 2.41 bits per heavy atom. The van der Waals surface area contributed by atoms with Gasteiger partial charge in [0, 0.05) is 41.8 Å². The first-order valence-electron chi connectivity index (χ1n) is 9.46. The Balaban J connectivity index is 2.24. The van der Waals surface area contributed by atoms with Crippen molar-refractivity contribution in [3.05, 3.63) is 74.2 Å². The zero-order chi connectivity index (χ0) is 21.3. The third-order valence-electron chi connectivity index (χ3n) is 5.07. The SMILES string of the molecule is COC(=O)c1cc(Br)n(C(C)C)c1C(Cc1cc(C)nn1C)c1ccc(Cl)cc1. The number of halogens is 2. The van der Waals surface area contributed by atoms with Crippen molar-refractivity contribution in [3.8, 4) is 0 Å². The van der Waals surface area contributed by atoms with Gasteiger partial charge in [-0.05, 0) is 66.5 Å². The van der Waals surface area contributed by atoms with E-state index in [0.29, 0.717) is 17.0 Å². The number of nitrogens with zero attached hydrogens (tertiary/aromatic N) is 3. The second kappa shape index (κ2) is 8.76. The van der Waals surface area contributed by atoms with Crippen LogP contribution in [0, 0.1) is 6.92 Å². The van der Waals surface area contributed by atoms with Crippen LogP contribution >= 0.6 is 27.5 Å². The Morgan fingerprint density at radius 2 is 1.90 bits per heavy atom. The lowest BCUT2D eigenvalue weighted by Gasteiger charge is -2.24. The maximum absolute atomic E-state index is 12.6. The monoisotopic (exact) mass is 477 g/mol. The molecule has 1 aromatic carbocycles. The van der Waals surface area contributed by atoms with Gasteiger partial charge in [0.1, 0.15) is 0 Å². The average molecular weight is 479 g/mol. The molecule has 0 fully saturated rings. The summed E-state index contributed by atoms with van der Waals surface area (Å²) in [5.74, 6) is -0.426. The molecule has 0 spiro atoms. The molecular formula is C22H25BrClN3O2. The molecule has 2 aromatic heterocycles. The molecule has 154 valence electrons. The van der Waals surface area contributed by atoms with E-state index in [4.69, 9.17) is 16.3 Å². The topological polar surface area (TPSA) is 49.1 Å². The number of benzene rings is 1. The molecule has 0 saturated carbocycles. The summed E-state index contributed by atoms with van der Waals surface area (Å²) in [5.41, 5.74) is 4.61. The largest absolute Gasteiger partial charge is 0.465 e. The van der Waals surface area contributed by atoms with Gasteiger partial charge in [-0.1, -0.05) is 23.7 Å². The summed E-state index contributed by atoms with van der Waals surface area (Å²) in [7, 11) is 3.36. The number of ether oxygens (including phenoxy) is 1. The van der Waals surface area contributed by atoms with Crippen LogP contribution in [0.3, 0.4) is 0 Å². The highest BCUT2D eigenvalue weighted by atomic mass is 79.9. The van der Waals surface area contributed by atoms with E-state index in [0.717, 1.165) is 27.2 Å². The van der Waals surface area contributed by atoms with Crippen molar-refractivity contribution >= 4 is 33.5 Å². The Morgan fingerprint density at radius 1 is 1.24 bits per heavy atom. The van der Waals surface area contributed by atoms with E-state index in [2.05, 4.69) is 45.5 Å². The summed E-state index contributed by atoms with van der Waals surface area (Å²) < 4.78 is 9.99. The van der Waals surface area contributed by atoms with Crippen LogP contribution in [0.4, 0.5) is 0 Å². The third-order valence-corrected chi connectivity index (χ3v) is 5.93. The molecule has 0 aliphatic rings. The molecule has 0 bridgehead atoms. The predicted octanol–water partition coefficient (Wildman–Crippen LogP) is 5.69. The summed E-state index contributed by atoms with van der Waals surface area (Å²) in [5, 5.41) is 5.17. The van der Waals surface area contributed by atoms with Crippen LogP contribution < -0.4 is 0 Å². The number of hydrogen-bond acceptors (Lipinski definition) is 3. The van der Waals surface area contributed by atoms with Gasteiger partial charge in [-0.15, -0.1) is 0 Å². The van der Waals surface area contributed by atoms with Gasteiger partial charge in [-0.3, -0.25) is 4.68 Å². The number of aryl methyl sites for hydroxylation is 2. The van der Waals surface area contributed by atoms with Crippen molar-refractivity contribution in [1.29, 1.82) is 0 Å². The Kier molecular flexibility index (Phi) is 6.54. The van der Waals surface area contributed by atoms with Crippen LogP contribution in [0.1, 0.15) is 58.8 Å². The van der Waals surface area contributed by atoms with Crippen LogP contribution in [-0.2, 0) is 18.2 Å². The van der Waals surface area contributed by atoms with E-state index in [9.17, 15) is 4.79 Å². The van der Waals surface area contributed by atoms with E-state index >= 15 is 0 Å². The van der Waals surface area contributed by atoms with Gasteiger partial charge in [-0.25, -0.2) is 4.79 Å². The van der Waals surface area contributed by atoms with Crippen molar-refractivity contribution in [2.24, 2.45) is 7.05 Å². The van der Waals surface area contributed by atoms with E-state index < -0.39 is 0 Å². The lowest BCUT2D eigenvalue weighted by atomic mass is 9.88. The smallest absolute Gasteiger partial charge is 0.339 e. The summed E-state index contributed by atoms with van der Waals surface area (Å²) in [6.45, 7) is 6.18. The van der Waals surface area contributed by atoms with Crippen LogP contribution in [-0.4, -0.2) is 27.4 Å².